The molecular formula is C13H29N3O. The van der Waals surface area contributed by atoms with Crippen LogP contribution in [-0.2, 0) is 4.79 Å². The number of nitrogens with two attached hydrogens (primary N) is 1. The van der Waals surface area contributed by atoms with Gasteiger partial charge in [-0.3, -0.25) is 9.69 Å². The molecule has 0 rings (SSSR count). The number of carbonyl (C=O) groups is 1. The first-order valence-electron chi connectivity index (χ1n) is 6.45. The number of likely N-dealkylation sites (N-methyl/N-ethyl adjacent to an activating group) is 1. The Morgan fingerprint density at radius 2 is 1.94 bits per heavy atom. The minimum absolute atomic E-state index is 0.0866. The summed E-state index contributed by atoms with van der Waals surface area (Å²) in [5.41, 5.74) is 5.46. The van der Waals surface area contributed by atoms with Crippen molar-refractivity contribution < 1.29 is 4.79 Å². The first-order chi connectivity index (χ1) is 7.73. The molecule has 0 saturated heterocycles. The highest BCUT2D eigenvalue weighted by atomic mass is 16.2. The SMILES string of the molecule is CCC(C)(C)NC(=O)C(C)N(C)CC(C)CN. The van der Waals surface area contributed by atoms with E-state index < -0.39 is 0 Å². The fourth-order valence-electron chi connectivity index (χ4n) is 1.45. The van der Waals surface area contributed by atoms with Crippen LogP contribution in [-0.4, -0.2) is 42.5 Å². The Morgan fingerprint density at radius 3 is 2.35 bits per heavy atom. The largest absolute Gasteiger partial charge is 0.350 e. The van der Waals surface area contributed by atoms with E-state index >= 15 is 0 Å². The molecule has 0 radical (unpaired) electrons. The number of nitrogens with one attached hydrogen (secondary N) is 1. The molecule has 4 nitrogen and oxygen atoms in total. The van der Waals surface area contributed by atoms with Crippen LogP contribution < -0.4 is 11.1 Å². The number of rotatable bonds is 7. The number of carbonyl (C=O) groups excluding carboxylic acids is 1. The molecule has 0 aromatic rings. The molecule has 0 heterocycles. The van der Waals surface area contributed by atoms with Gasteiger partial charge in [0.2, 0.25) is 5.91 Å². The van der Waals surface area contributed by atoms with Gasteiger partial charge < -0.3 is 11.1 Å². The maximum Gasteiger partial charge on any atom is 0.237 e. The summed E-state index contributed by atoms with van der Waals surface area (Å²) in [4.78, 5) is 14.1. The van der Waals surface area contributed by atoms with E-state index in [0.717, 1.165) is 13.0 Å². The highest BCUT2D eigenvalue weighted by Gasteiger charge is 2.24. The van der Waals surface area contributed by atoms with Gasteiger partial charge in [-0.25, -0.2) is 0 Å². The van der Waals surface area contributed by atoms with Crippen LogP contribution in [0.3, 0.4) is 0 Å². The molecule has 4 heteroatoms. The average molecular weight is 243 g/mol. The van der Waals surface area contributed by atoms with Crippen LogP contribution in [0.5, 0.6) is 0 Å². The molecular weight excluding hydrogens is 214 g/mol. The van der Waals surface area contributed by atoms with Crippen LogP contribution in [0.15, 0.2) is 0 Å². The smallest absolute Gasteiger partial charge is 0.237 e. The predicted octanol–water partition coefficient (Wildman–Crippen LogP) is 1.21. The van der Waals surface area contributed by atoms with E-state index in [4.69, 9.17) is 5.73 Å². The van der Waals surface area contributed by atoms with Crippen molar-refractivity contribution in [2.75, 3.05) is 20.1 Å². The van der Waals surface area contributed by atoms with Gasteiger partial charge in [0.05, 0.1) is 6.04 Å². The summed E-state index contributed by atoms with van der Waals surface area (Å²) in [6.07, 6.45) is 0.925. The van der Waals surface area contributed by atoms with Gasteiger partial charge in [-0.15, -0.1) is 0 Å². The molecule has 0 spiro atoms. The third-order valence-electron chi connectivity index (χ3n) is 3.39. The molecule has 0 bridgehead atoms. The van der Waals surface area contributed by atoms with Crippen molar-refractivity contribution in [2.45, 2.75) is 52.6 Å². The lowest BCUT2D eigenvalue weighted by molar-refractivity contribution is -0.127. The van der Waals surface area contributed by atoms with Crippen LogP contribution in [0.25, 0.3) is 0 Å². The van der Waals surface area contributed by atoms with Gasteiger partial charge in [0.1, 0.15) is 0 Å². The standard InChI is InChI=1S/C13H29N3O/c1-7-13(4,5)15-12(17)11(3)16(6)9-10(2)8-14/h10-11H,7-9,14H2,1-6H3,(H,15,17). The second kappa shape index (κ2) is 6.97. The van der Waals surface area contributed by atoms with Crippen molar-refractivity contribution in [3.05, 3.63) is 0 Å². The van der Waals surface area contributed by atoms with Crippen molar-refractivity contribution in [1.82, 2.24) is 10.2 Å². The van der Waals surface area contributed by atoms with Gasteiger partial charge in [0.25, 0.3) is 0 Å². The van der Waals surface area contributed by atoms with Gasteiger partial charge in [0.15, 0.2) is 0 Å². The predicted molar refractivity (Wildman–Crippen MR) is 72.8 cm³/mol. The van der Waals surface area contributed by atoms with Crippen molar-refractivity contribution in [2.24, 2.45) is 11.7 Å². The molecule has 2 unspecified atom stereocenters. The summed E-state index contributed by atoms with van der Waals surface area (Å²) < 4.78 is 0. The lowest BCUT2D eigenvalue weighted by Gasteiger charge is -2.31. The maximum absolute atomic E-state index is 12.0. The highest BCUT2D eigenvalue weighted by molar-refractivity contribution is 5.81. The quantitative estimate of drug-likeness (QED) is 0.706. The van der Waals surface area contributed by atoms with Gasteiger partial charge in [-0.05, 0) is 46.7 Å². The lowest BCUT2D eigenvalue weighted by atomic mass is 10.0. The van der Waals surface area contributed by atoms with Crippen LogP contribution in [0, 0.1) is 5.92 Å². The summed E-state index contributed by atoms with van der Waals surface area (Å²) in [5.74, 6) is 0.498. The molecule has 0 fully saturated rings. The van der Waals surface area contributed by atoms with Crippen molar-refractivity contribution in [1.29, 1.82) is 0 Å². The first kappa shape index (κ1) is 16.4. The van der Waals surface area contributed by atoms with Crippen LogP contribution in [0.4, 0.5) is 0 Å². The fraction of sp³-hybridized carbons (Fsp3) is 0.923. The topological polar surface area (TPSA) is 58.4 Å². The molecule has 0 saturated carbocycles. The van der Waals surface area contributed by atoms with Gasteiger partial charge in [0, 0.05) is 12.1 Å². The van der Waals surface area contributed by atoms with E-state index in [0.29, 0.717) is 12.5 Å². The third-order valence-corrected chi connectivity index (χ3v) is 3.39. The van der Waals surface area contributed by atoms with E-state index in [1.54, 1.807) is 0 Å². The number of nitrogens with zero attached hydrogens (tertiary/aromatic N) is 1. The third kappa shape index (κ3) is 6.03. The number of hydrogen-bond donors (Lipinski definition) is 2. The monoisotopic (exact) mass is 243 g/mol. The molecule has 0 aromatic heterocycles. The van der Waals surface area contributed by atoms with Gasteiger partial charge >= 0.3 is 0 Å². The molecule has 0 aliphatic carbocycles. The molecule has 0 aliphatic heterocycles. The molecule has 1 amide bonds. The zero-order chi connectivity index (χ0) is 13.6. The van der Waals surface area contributed by atoms with Crippen molar-refractivity contribution >= 4 is 5.91 Å². The van der Waals surface area contributed by atoms with E-state index in [9.17, 15) is 4.79 Å². The minimum Gasteiger partial charge on any atom is -0.350 e. The zero-order valence-corrected chi connectivity index (χ0v) is 12.2. The van der Waals surface area contributed by atoms with Crippen molar-refractivity contribution in [3.63, 3.8) is 0 Å². The Labute approximate surface area is 106 Å². The van der Waals surface area contributed by atoms with E-state index in [-0.39, 0.29) is 17.5 Å². The molecule has 102 valence electrons. The van der Waals surface area contributed by atoms with E-state index in [2.05, 4.69) is 24.1 Å². The second-order valence-corrected chi connectivity index (χ2v) is 5.68. The Morgan fingerprint density at radius 1 is 1.41 bits per heavy atom. The maximum atomic E-state index is 12.0. The van der Waals surface area contributed by atoms with Crippen LogP contribution >= 0.6 is 0 Å². The van der Waals surface area contributed by atoms with Crippen LogP contribution in [0.2, 0.25) is 0 Å². The summed E-state index contributed by atoms with van der Waals surface area (Å²) in [7, 11) is 1.97. The van der Waals surface area contributed by atoms with Gasteiger partial charge in [-0.2, -0.15) is 0 Å². The zero-order valence-electron chi connectivity index (χ0n) is 12.2. The number of hydrogen-bond acceptors (Lipinski definition) is 3. The Kier molecular flexibility index (Phi) is 6.72. The Bertz CT molecular complexity index is 241. The normalized spacial score (nSPS) is 15.8. The van der Waals surface area contributed by atoms with Gasteiger partial charge in [-0.1, -0.05) is 13.8 Å². The molecule has 0 aliphatic rings. The summed E-state index contributed by atoms with van der Waals surface area (Å²) >= 11 is 0. The summed E-state index contributed by atoms with van der Waals surface area (Å²) in [6, 6.07) is -0.116. The molecule has 2 atom stereocenters. The Hall–Kier alpha value is -0.610. The number of amides is 1. The summed E-state index contributed by atoms with van der Waals surface area (Å²) in [5, 5.41) is 3.07. The van der Waals surface area contributed by atoms with Crippen molar-refractivity contribution in [3.8, 4) is 0 Å². The van der Waals surface area contributed by atoms with E-state index in [1.807, 2.05) is 27.8 Å². The molecule has 17 heavy (non-hydrogen) atoms. The highest BCUT2D eigenvalue weighted by Crippen LogP contribution is 2.09. The second-order valence-electron chi connectivity index (χ2n) is 5.68. The average Bonchev–Trinajstić information content (AvgIpc) is 2.27. The summed E-state index contributed by atoms with van der Waals surface area (Å²) in [6.45, 7) is 11.7. The Balaban J connectivity index is 4.30. The first-order valence-corrected chi connectivity index (χ1v) is 6.45. The minimum atomic E-state index is -0.133. The van der Waals surface area contributed by atoms with E-state index in [1.165, 1.54) is 0 Å². The van der Waals surface area contributed by atoms with Crippen LogP contribution in [0.1, 0.15) is 41.0 Å². The lowest BCUT2D eigenvalue weighted by Crippen LogP contribution is -2.51. The molecule has 3 N–H and O–H groups in total. The molecule has 0 aromatic carbocycles. The fourth-order valence-corrected chi connectivity index (χ4v) is 1.45.